The fraction of sp³-hybridized carbons (Fsp3) is 0.500. The topological polar surface area (TPSA) is 29.5 Å². The van der Waals surface area contributed by atoms with Crippen molar-refractivity contribution in [2.45, 2.75) is 38.9 Å². The Morgan fingerprint density at radius 1 is 1.00 bits per heavy atom. The van der Waals surface area contributed by atoms with Crippen LogP contribution in [-0.4, -0.2) is 16.3 Å². The van der Waals surface area contributed by atoms with Crippen LogP contribution < -0.4 is 4.74 Å². The maximum atomic E-state index is 9.88. The third-order valence-corrected chi connectivity index (χ3v) is 2.59. The van der Waals surface area contributed by atoms with E-state index in [4.69, 9.17) is 4.74 Å². The zero-order valence-corrected chi connectivity index (χ0v) is 9.24. The summed E-state index contributed by atoms with van der Waals surface area (Å²) in [6, 6.07) is 9.52. The van der Waals surface area contributed by atoms with Crippen molar-refractivity contribution < 1.29 is 9.84 Å². The van der Waals surface area contributed by atoms with Crippen LogP contribution in [0.25, 0.3) is 0 Å². The molecule has 0 saturated carbocycles. The minimum absolute atomic E-state index is 0.603. The molecule has 2 nitrogen and oxygen atoms in total. The largest absolute Gasteiger partial charge is 0.485 e. The molecule has 78 valence electrons. The normalized spacial score (nSPS) is 12.6. The number of rotatable bonds is 3. The van der Waals surface area contributed by atoms with Crippen LogP contribution in [0.3, 0.4) is 0 Å². The van der Waals surface area contributed by atoms with Gasteiger partial charge in [0.2, 0.25) is 0 Å². The number of aliphatic hydroxyl groups is 1. The maximum absolute atomic E-state index is 9.88. The second kappa shape index (κ2) is 3.62. The zero-order valence-electron chi connectivity index (χ0n) is 9.24. The first-order valence-electron chi connectivity index (χ1n) is 4.79. The van der Waals surface area contributed by atoms with Crippen molar-refractivity contribution >= 4 is 0 Å². The van der Waals surface area contributed by atoms with E-state index in [1.54, 1.807) is 13.8 Å². The van der Waals surface area contributed by atoms with Crippen molar-refractivity contribution in [3.63, 3.8) is 0 Å². The lowest BCUT2D eigenvalue weighted by Gasteiger charge is -2.37. The number of ether oxygens (including phenoxy) is 1. The van der Waals surface area contributed by atoms with Gasteiger partial charge in [0.1, 0.15) is 11.4 Å². The van der Waals surface area contributed by atoms with Gasteiger partial charge in [0, 0.05) is 0 Å². The lowest BCUT2D eigenvalue weighted by molar-refractivity contribution is -0.0906. The van der Waals surface area contributed by atoms with E-state index >= 15 is 0 Å². The molecule has 0 spiro atoms. The highest BCUT2D eigenvalue weighted by Gasteiger charge is 2.37. The summed E-state index contributed by atoms with van der Waals surface area (Å²) in [6.07, 6.45) is 0. The van der Waals surface area contributed by atoms with Crippen molar-refractivity contribution in [1.82, 2.24) is 0 Å². The van der Waals surface area contributed by atoms with Crippen molar-refractivity contribution in [2.75, 3.05) is 0 Å². The van der Waals surface area contributed by atoms with Crippen LogP contribution in [0.5, 0.6) is 5.75 Å². The maximum Gasteiger partial charge on any atom is 0.131 e. The SMILES string of the molecule is CC(C)(O)C(C)(C)Oc1ccccc1. The smallest absolute Gasteiger partial charge is 0.131 e. The van der Waals surface area contributed by atoms with Gasteiger partial charge in [-0.3, -0.25) is 0 Å². The van der Waals surface area contributed by atoms with Crippen molar-refractivity contribution in [1.29, 1.82) is 0 Å². The number of hydrogen-bond donors (Lipinski definition) is 1. The van der Waals surface area contributed by atoms with E-state index in [1.165, 1.54) is 0 Å². The quantitative estimate of drug-likeness (QED) is 0.801. The van der Waals surface area contributed by atoms with E-state index in [1.807, 2.05) is 44.2 Å². The summed E-state index contributed by atoms with van der Waals surface area (Å²) in [5, 5.41) is 9.88. The predicted octanol–water partition coefficient (Wildman–Crippen LogP) is 2.61. The summed E-state index contributed by atoms with van der Waals surface area (Å²) in [5.74, 6) is 0.777. The van der Waals surface area contributed by atoms with Crippen LogP contribution in [0.1, 0.15) is 27.7 Å². The Bertz CT molecular complexity index is 283. The first-order valence-corrected chi connectivity index (χ1v) is 4.79. The van der Waals surface area contributed by atoms with Gasteiger partial charge in [-0.05, 0) is 39.8 Å². The van der Waals surface area contributed by atoms with Crippen LogP contribution in [0, 0.1) is 0 Å². The van der Waals surface area contributed by atoms with Gasteiger partial charge in [-0.1, -0.05) is 18.2 Å². The Hall–Kier alpha value is -1.02. The van der Waals surface area contributed by atoms with E-state index < -0.39 is 11.2 Å². The second-order valence-electron chi connectivity index (χ2n) is 4.48. The molecule has 14 heavy (non-hydrogen) atoms. The van der Waals surface area contributed by atoms with E-state index in [0.29, 0.717) is 0 Å². The predicted molar refractivity (Wildman–Crippen MR) is 57.4 cm³/mol. The summed E-state index contributed by atoms with van der Waals surface area (Å²) in [6.45, 7) is 7.24. The lowest BCUT2D eigenvalue weighted by Crippen LogP contribution is -2.49. The Morgan fingerprint density at radius 3 is 1.93 bits per heavy atom. The summed E-state index contributed by atoms with van der Waals surface area (Å²) in [5.41, 5.74) is -1.48. The molecule has 1 N–H and O–H groups in total. The fourth-order valence-corrected chi connectivity index (χ4v) is 0.908. The van der Waals surface area contributed by atoms with Crippen LogP contribution in [-0.2, 0) is 0 Å². The van der Waals surface area contributed by atoms with E-state index in [9.17, 15) is 5.11 Å². The first-order chi connectivity index (χ1) is 6.33. The molecule has 2 heteroatoms. The molecule has 0 fully saturated rings. The van der Waals surface area contributed by atoms with E-state index in [0.717, 1.165) is 5.75 Å². The molecule has 0 bridgehead atoms. The molecule has 0 amide bonds. The van der Waals surface area contributed by atoms with Crippen LogP contribution in [0.4, 0.5) is 0 Å². The van der Waals surface area contributed by atoms with Gasteiger partial charge < -0.3 is 9.84 Å². The second-order valence-corrected chi connectivity index (χ2v) is 4.48. The Kier molecular flexibility index (Phi) is 2.86. The molecule has 0 aliphatic heterocycles. The van der Waals surface area contributed by atoms with Crippen LogP contribution >= 0.6 is 0 Å². The molecule has 0 heterocycles. The van der Waals surface area contributed by atoms with Gasteiger partial charge in [-0.25, -0.2) is 0 Å². The third-order valence-electron chi connectivity index (χ3n) is 2.59. The van der Waals surface area contributed by atoms with Crippen molar-refractivity contribution in [2.24, 2.45) is 0 Å². The number of benzene rings is 1. The molecule has 1 aromatic carbocycles. The summed E-state index contributed by atoms with van der Waals surface area (Å²) in [4.78, 5) is 0. The van der Waals surface area contributed by atoms with Gasteiger partial charge >= 0.3 is 0 Å². The molecule has 0 aliphatic carbocycles. The van der Waals surface area contributed by atoms with E-state index in [2.05, 4.69) is 0 Å². The molecular formula is C12H18O2. The van der Waals surface area contributed by atoms with Gasteiger partial charge in [0.25, 0.3) is 0 Å². The van der Waals surface area contributed by atoms with Crippen molar-refractivity contribution in [3.05, 3.63) is 30.3 Å². The molecule has 1 aromatic rings. The average molecular weight is 194 g/mol. The molecule has 0 atom stereocenters. The molecule has 0 aliphatic rings. The summed E-state index contributed by atoms with van der Waals surface area (Å²) < 4.78 is 5.72. The highest BCUT2D eigenvalue weighted by Crippen LogP contribution is 2.27. The molecular weight excluding hydrogens is 176 g/mol. The Morgan fingerprint density at radius 2 is 1.50 bits per heavy atom. The number of para-hydroxylation sites is 1. The van der Waals surface area contributed by atoms with E-state index in [-0.39, 0.29) is 0 Å². The fourth-order valence-electron chi connectivity index (χ4n) is 0.908. The van der Waals surface area contributed by atoms with Crippen LogP contribution in [0.15, 0.2) is 30.3 Å². The molecule has 0 aromatic heterocycles. The minimum Gasteiger partial charge on any atom is -0.485 e. The van der Waals surface area contributed by atoms with Crippen molar-refractivity contribution in [3.8, 4) is 5.75 Å². The average Bonchev–Trinajstić information content (AvgIpc) is 2.03. The van der Waals surface area contributed by atoms with Gasteiger partial charge in [-0.2, -0.15) is 0 Å². The highest BCUT2D eigenvalue weighted by molar-refractivity contribution is 5.22. The zero-order chi connectivity index (χ0) is 10.8. The Balaban J connectivity index is 2.79. The lowest BCUT2D eigenvalue weighted by atomic mass is 9.89. The molecule has 0 radical (unpaired) electrons. The Labute approximate surface area is 85.5 Å². The molecule has 0 unspecified atom stereocenters. The summed E-state index contributed by atoms with van der Waals surface area (Å²) in [7, 11) is 0. The van der Waals surface area contributed by atoms with Gasteiger partial charge in [0.15, 0.2) is 0 Å². The van der Waals surface area contributed by atoms with Crippen LogP contribution in [0.2, 0.25) is 0 Å². The number of hydrogen-bond acceptors (Lipinski definition) is 2. The minimum atomic E-state index is -0.872. The van der Waals surface area contributed by atoms with Gasteiger partial charge in [0.05, 0.1) is 5.60 Å². The van der Waals surface area contributed by atoms with Gasteiger partial charge in [-0.15, -0.1) is 0 Å². The standard InChI is InChI=1S/C12H18O2/c1-11(2,13)12(3,4)14-10-8-6-5-7-9-10/h5-9,13H,1-4H3. The molecule has 1 rings (SSSR count). The third kappa shape index (κ3) is 2.48. The summed E-state index contributed by atoms with van der Waals surface area (Å²) >= 11 is 0. The highest BCUT2D eigenvalue weighted by atomic mass is 16.5. The first kappa shape index (κ1) is 11.1. The molecule has 0 saturated heterocycles. The monoisotopic (exact) mass is 194 g/mol.